The Bertz CT molecular complexity index is 717. The molecule has 5 nitrogen and oxygen atoms in total. The lowest BCUT2D eigenvalue weighted by Gasteiger charge is -2.26. The fourth-order valence-corrected chi connectivity index (χ4v) is 3.25. The predicted molar refractivity (Wildman–Crippen MR) is 88.7 cm³/mol. The molecule has 0 saturated carbocycles. The van der Waals surface area contributed by atoms with Gasteiger partial charge in [0.05, 0.1) is 0 Å². The van der Waals surface area contributed by atoms with Crippen LogP contribution in [0.25, 0.3) is 0 Å². The number of rotatable bonds is 4. The van der Waals surface area contributed by atoms with Crippen molar-refractivity contribution in [3.8, 4) is 0 Å². The molecule has 0 spiro atoms. The molecule has 0 aliphatic carbocycles. The van der Waals surface area contributed by atoms with E-state index >= 15 is 0 Å². The molecule has 1 fully saturated rings. The lowest BCUT2D eigenvalue weighted by molar-refractivity contribution is -0.143. The van der Waals surface area contributed by atoms with Gasteiger partial charge in [0.25, 0.3) is 0 Å². The smallest absolute Gasteiger partial charge is 0.316 e. The van der Waals surface area contributed by atoms with E-state index < -0.39 is 11.4 Å². The maximum Gasteiger partial charge on any atom is 0.316 e. The molecule has 0 unspecified atom stereocenters. The van der Waals surface area contributed by atoms with E-state index in [1.807, 2.05) is 43.3 Å². The van der Waals surface area contributed by atoms with Gasteiger partial charge >= 0.3 is 5.97 Å². The number of benzene rings is 1. The molecule has 120 valence electrons. The summed E-state index contributed by atoms with van der Waals surface area (Å²) >= 11 is 0. The van der Waals surface area contributed by atoms with E-state index in [0.29, 0.717) is 19.5 Å². The van der Waals surface area contributed by atoms with Crippen molar-refractivity contribution in [2.45, 2.75) is 32.1 Å². The number of carboxylic acid groups (broad SMARTS) is 1. The molecular formula is C18H21N3O2. The number of hydrogen-bond donors (Lipinski definition) is 1. The molecule has 23 heavy (non-hydrogen) atoms. The van der Waals surface area contributed by atoms with E-state index in [9.17, 15) is 9.90 Å². The zero-order valence-electron chi connectivity index (χ0n) is 13.5. The summed E-state index contributed by atoms with van der Waals surface area (Å²) in [4.78, 5) is 23.0. The van der Waals surface area contributed by atoms with Crippen molar-refractivity contribution >= 4 is 11.8 Å². The molecule has 1 aromatic heterocycles. The molecule has 1 saturated heterocycles. The number of aromatic nitrogens is 2. The van der Waals surface area contributed by atoms with Crippen molar-refractivity contribution in [2.75, 3.05) is 18.0 Å². The second-order valence-corrected chi connectivity index (χ2v) is 6.04. The number of carboxylic acids is 1. The SMILES string of the molecule is CCc1cc(N2CC[C@@](C(=O)O)(c3ccccc3)C2)nc(C)n1. The van der Waals surface area contributed by atoms with E-state index in [1.165, 1.54) is 0 Å². The second-order valence-electron chi connectivity index (χ2n) is 6.04. The molecule has 2 heterocycles. The molecule has 3 rings (SSSR count). The fraction of sp³-hybridized carbons (Fsp3) is 0.389. The molecule has 5 heteroatoms. The molecule has 0 bridgehead atoms. The second kappa shape index (κ2) is 5.99. The maximum absolute atomic E-state index is 12.0. The van der Waals surface area contributed by atoms with E-state index in [4.69, 9.17) is 0 Å². The monoisotopic (exact) mass is 311 g/mol. The summed E-state index contributed by atoms with van der Waals surface area (Å²) < 4.78 is 0. The molecule has 1 N–H and O–H groups in total. The van der Waals surface area contributed by atoms with Crippen LogP contribution in [0.3, 0.4) is 0 Å². The Labute approximate surface area is 136 Å². The van der Waals surface area contributed by atoms with Gasteiger partial charge in [-0.05, 0) is 25.3 Å². The van der Waals surface area contributed by atoms with Crippen LogP contribution in [-0.2, 0) is 16.6 Å². The van der Waals surface area contributed by atoms with Crippen LogP contribution in [0, 0.1) is 6.92 Å². The van der Waals surface area contributed by atoms with Gasteiger partial charge in [0.1, 0.15) is 17.1 Å². The normalized spacial score (nSPS) is 20.7. The summed E-state index contributed by atoms with van der Waals surface area (Å²) in [6.07, 6.45) is 1.42. The first-order chi connectivity index (χ1) is 11.0. The number of aryl methyl sites for hydroxylation is 2. The first-order valence-electron chi connectivity index (χ1n) is 7.93. The Kier molecular flexibility index (Phi) is 4.03. The zero-order valence-corrected chi connectivity index (χ0v) is 13.5. The molecule has 1 aromatic carbocycles. The van der Waals surface area contributed by atoms with Gasteiger partial charge < -0.3 is 10.0 Å². The van der Waals surface area contributed by atoms with Crippen molar-refractivity contribution in [1.82, 2.24) is 9.97 Å². The Hall–Kier alpha value is -2.43. The topological polar surface area (TPSA) is 66.3 Å². The summed E-state index contributed by atoms with van der Waals surface area (Å²) in [5, 5.41) is 9.88. The van der Waals surface area contributed by atoms with Crippen LogP contribution in [-0.4, -0.2) is 34.1 Å². The Morgan fingerprint density at radius 1 is 1.30 bits per heavy atom. The van der Waals surface area contributed by atoms with Crippen LogP contribution >= 0.6 is 0 Å². The zero-order chi connectivity index (χ0) is 16.4. The minimum Gasteiger partial charge on any atom is -0.481 e. The van der Waals surface area contributed by atoms with Gasteiger partial charge in [-0.2, -0.15) is 0 Å². The van der Waals surface area contributed by atoms with Crippen LogP contribution in [0.15, 0.2) is 36.4 Å². The highest BCUT2D eigenvalue weighted by Crippen LogP contribution is 2.36. The van der Waals surface area contributed by atoms with Gasteiger partial charge in [-0.25, -0.2) is 9.97 Å². The number of nitrogens with zero attached hydrogens (tertiary/aromatic N) is 3. The lowest BCUT2D eigenvalue weighted by atomic mass is 9.80. The average molecular weight is 311 g/mol. The minimum atomic E-state index is -0.869. The minimum absolute atomic E-state index is 0.436. The Morgan fingerprint density at radius 3 is 2.70 bits per heavy atom. The highest BCUT2D eigenvalue weighted by Gasteiger charge is 2.46. The highest BCUT2D eigenvalue weighted by atomic mass is 16.4. The summed E-state index contributed by atoms with van der Waals surface area (Å²) in [7, 11) is 0. The van der Waals surface area contributed by atoms with Crippen molar-refractivity contribution in [2.24, 2.45) is 0 Å². The standard InChI is InChI=1S/C18H21N3O2/c1-3-15-11-16(20-13(2)19-15)21-10-9-18(12-21,17(22)23)14-7-5-4-6-8-14/h4-8,11H,3,9-10,12H2,1-2H3,(H,22,23)/t18-/m0/s1. The molecule has 1 aliphatic heterocycles. The highest BCUT2D eigenvalue weighted by molar-refractivity contribution is 5.83. The summed E-state index contributed by atoms with van der Waals surface area (Å²) in [6.45, 7) is 5.05. The van der Waals surface area contributed by atoms with E-state index in [1.54, 1.807) is 0 Å². The summed E-state index contributed by atoms with van der Waals surface area (Å²) in [5.41, 5.74) is 0.975. The maximum atomic E-state index is 12.0. The molecule has 0 amide bonds. The number of hydrogen-bond acceptors (Lipinski definition) is 4. The molecular weight excluding hydrogens is 290 g/mol. The Balaban J connectivity index is 1.95. The van der Waals surface area contributed by atoms with Crippen molar-refractivity contribution in [1.29, 1.82) is 0 Å². The van der Waals surface area contributed by atoms with Gasteiger partial charge in [-0.15, -0.1) is 0 Å². The Morgan fingerprint density at radius 2 is 2.04 bits per heavy atom. The van der Waals surface area contributed by atoms with Crippen LogP contribution in [0.1, 0.15) is 30.4 Å². The van der Waals surface area contributed by atoms with Crippen molar-refractivity contribution in [3.05, 3.63) is 53.5 Å². The first-order valence-corrected chi connectivity index (χ1v) is 7.93. The summed E-state index contributed by atoms with van der Waals surface area (Å²) in [6, 6.07) is 11.5. The van der Waals surface area contributed by atoms with Gasteiger partial charge in [0, 0.05) is 24.8 Å². The first kappa shape index (κ1) is 15.5. The fourth-order valence-electron chi connectivity index (χ4n) is 3.25. The van der Waals surface area contributed by atoms with Gasteiger partial charge in [-0.3, -0.25) is 4.79 Å². The largest absolute Gasteiger partial charge is 0.481 e. The predicted octanol–water partition coefficient (Wildman–Crippen LogP) is 2.58. The van der Waals surface area contributed by atoms with E-state index in [0.717, 1.165) is 29.3 Å². The molecule has 1 atom stereocenters. The summed E-state index contributed by atoms with van der Waals surface area (Å²) in [5.74, 6) is 0.785. The quantitative estimate of drug-likeness (QED) is 0.940. The number of carbonyl (C=O) groups is 1. The van der Waals surface area contributed by atoms with Gasteiger partial charge in [0.2, 0.25) is 0 Å². The molecule has 2 aromatic rings. The number of anilines is 1. The van der Waals surface area contributed by atoms with Crippen LogP contribution in [0.4, 0.5) is 5.82 Å². The van der Waals surface area contributed by atoms with Crippen LogP contribution < -0.4 is 4.90 Å². The molecule has 1 aliphatic rings. The van der Waals surface area contributed by atoms with Crippen molar-refractivity contribution in [3.63, 3.8) is 0 Å². The average Bonchev–Trinajstić information content (AvgIpc) is 3.02. The third-order valence-corrected chi connectivity index (χ3v) is 4.57. The van der Waals surface area contributed by atoms with Crippen LogP contribution in [0.2, 0.25) is 0 Å². The third-order valence-electron chi connectivity index (χ3n) is 4.57. The van der Waals surface area contributed by atoms with Crippen LogP contribution in [0.5, 0.6) is 0 Å². The van der Waals surface area contributed by atoms with Gasteiger partial charge in [0.15, 0.2) is 0 Å². The molecule has 0 radical (unpaired) electrons. The van der Waals surface area contributed by atoms with E-state index in [-0.39, 0.29) is 0 Å². The van der Waals surface area contributed by atoms with E-state index in [2.05, 4.69) is 21.8 Å². The number of aliphatic carboxylic acids is 1. The van der Waals surface area contributed by atoms with Crippen molar-refractivity contribution < 1.29 is 9.90 Å². The third kappa shape index (κ3) is 2.79. The lowest BCUT2D eigenvalue weighted by Crippen LogP contribution is -2.39. The van der Waals surface area contributed by atoms with Gasteiger partial charge in [-0.1, -0.05) is 37.3 Å².